The van der Waals surface area contributed by atoms with Crippen LogP contribution in [0.4, 0.5) is 0 Å². The number of ether oxygens (including phenoxy) is 2. The second-order valence-electron chi connectivity index (χ2n) is 7.65. The van der Waals surface area contributed by atoms with Crippen molar-refractivity contribution in [1.29, 1.82) is 0 Å². The van der Waals surface area contributed by atoms with Gasteiger partial charge in [-0.15, -0.1) is 0 Å². The largest absolute Gasteiger partial charge is 0.496 e. The Labute approximate surface area is 172 Å². The van der Waals surface area contributed by atoms with E-state index in [1.807, 2.05) is 66.1 Å². The molecule has 156 valence electrons. The summed E-state index contributed by atoms with van der Waals surface area (Å²) in [4.78, 5) is 16.9. The van der Waals surface area contributed by atoms with Crippen LogP contribution in [0, 0.1) is 0 Å². The molecule has 1 atom stereocenters. The molecule has 1 aliphatic heterocycles. The molecule has 2 aromatic carbocycles. The fourth-order valence-corrected chi connectivity index (χ4v) is 3.89. The lowest BCUT2D eigenvalue weighted by molar-refractivity contribution is -0.135. The van der Waals surface area contributed by atoms with Crippen LogP contribution < -0.4 is 9.47 Å². The lowest BCUT2D eigenvalue weighted by atomic mass is 9.95. The average molecular weight is 399 g/mol. The topological polar surface area (TPSA) is 62.2 Å². The number of aliphatic hydroxyl groups is 1. The first-order chi connectivity index (χ1) is 13.9. The van der Waals surface area contributed by atoms with Gasteiger partial charge in [0.1, 0.15) is 11.5 Å². The van der Waals surface area contributed by atoms with Gasteiger partial charge in [0, 0.05) is 36.8 Å². The Kier molecular flexibility index (Phi) is 6.77. The first-order valence-electron chi connectivity index (χ1n) is 9.92. The summed E-state index contributed by atoms with van der Waals surface area (Å²) in [5.41, 5.74) is 2.73. The summed E-state index contributed by atoms with van der Waals surface area (Å²) < 4.78 is 10.9. The van der Waals surface area contributed by atoms with E-state index in [1.54, 1.807) is 14.2 Å². The number of nitrogens with zero attached hydrogens (tertiary/aromatic N) is 2. The van der Waals surface area contributed by atoms with E-state index in [1.165, 1.54) is 0 Å². The highest BCUT2D eigenvalue weighted by Crippen LogP contribution is 2.39. The quantitative estimate of drug-likeness (QED) is 0.777. The number of β-amino-alcohol motifs (C(OH)–C–C–N with tert-alkyl or cyclic N) is 1. The standard InChI is InChI=1S/C23H30N2O4/c1-16(2)25(12-17-8-6-5-7-9-17)22(27)15-24-13-18-20(28-3)10-11-21(29-4)23(18)19(26)14-24/h5-11,16,19,26H,12-15H2,1-4H3/t19-/m1/s1. The van der Waals surface area contributed by atoms with E-state index in [2.05, 4.69) is 0 Å². The third-order valence-corrected chi connectivity index (χ3v) is 5.36. The van der Waals surface area contributed by atoms with E-state index >= 15 is 0 Å². The van der Waals surface area contributed by atoms with Gasteiger partial charge in [0.15, 0.2) is 0 Å². The molecule has 3 rings (SSSR count). The maximum Gasteiger partial charge on any atom is 0.237 e. The zero-order valence-electron chi connectivity index (χ0n) is 17.6. The minimum atomic E-state index is -0.738. The molecule has 0 radical (unpaired) electrons. The van der Waals surface area contributed by atoms with Crippen molar-refractivity contribution in [2.45, 2.75) is 39.1 Å². The number of amides is 1. The Bertz CT molecular complexity index is 838. The van der Waals surface area contributed by atoms with Gasteiger partial charge in [-0.3, -0.25) is 9.69 Å². The fourth-order valence-electron chi connectivity index (χ4n) is 3.89. The van der Waals surface area contributed by atoms with Gasteiger partial charge in [-0.25, -0.2) is 0 Å². The number of aliphatic hydroxyl groups excluding tert-OH is 1. The van der Waals surface area contributed by atoms with Gasteiger partial charge >= 0.3 is 0 Å². The van der Waals surface area contributed by atoms with Crippen molar-refractivity contribution in [3.8, 4) is 11.5 Å². The SMILES string of the molecule is COc1ccc(OC)c2c1CN(CC(=O)N(Cc1ccccc1)C(C)C)C[C@H]2O. The maximum atomic E-state index is 13.1. The summed E-state index contributed by atoms with van der Waals surface area (Å²) >= 11 is 0. The molecule has 0 saturated carbocycles. The molecule has 29 heavy (non-hydrogen) atoms. The van der Waals surface area contributed by atoms with Crippen LogP contribution in [0.3, 0.4) is 0 Å². The second kappa shape index (κ2) is 9.29. The van der Waals surface area contributed by atoms with Gasteiger partial charge in [-0.1, -0.05) is 30.3 Å². The van der Waals surface area contributed by atoms with Crippen molar-refractivity contribution in [3.05, 3.63) is 59.2 Å². The van der Waals surface area contributed by atoms with Crippen LogP contribution in [-0.4, -0.2) is 54.2 Å². The molecule has 6 heteroatoms. The second-order valence-corrected chi connectivity index (χ2v) is 7.65. The number of rotatable bonds is 7. The molecular formula is C23H30N2O4. The lowest BCUT2D eigenvalue weighted by Gasteiger charge is -2.35. The molecule has 1 heterocycles. The summed E-state index contributed by atoms with van der Waals surface area (Å²) in [5.74, 6) is 1.38. The Morgan fingerprint density at radius 1 is 1.14 bits per heavy atom. The van der Waals surface area contributed by atoms with E-state index in [-0.39, 0.29) is 18.5 Å². The zero-order chi connectivity index (χ0) is 21.0. The molecule has 1 N–H and O–H groups in total. The molecule has 0 aromatic heterocycles. The van der Waals surface area contributed by atoms with Crippen molar-refractivity contribution in [2.75, 3.05) is 27.3 Å². The van der Waals surface area contributed by atoms with E-state index in [0.29, 0.717) is 31.1 Å². The molecule has 0 bridgehead atoms. The number of hydrogen-bond donors (Lipinski definition) is 1. The number of methoxy groups -OCH3 is 2. The van der Waals surface area contributed by atoms with Gasteiger partial charge in [-0.2, -0.15) is 0 Å². The maximum absolute atomic E-state index is 13.1. The lowest BCUT2D eigenvalue weighted by Crippen LogP contribution is -2.45. The van der Waals surface area contributed by atoms with Crippen LogP contribution in [0.15, 0.2) is 42.5 Å². The summed E-state index contributed by atoms with van der Waals surface area (Å²) in [6.45, 7) is 5.75. The first-order valence-corrected chi connectivity index (χ1v) is 9.92. The number of benzene rings is 2. The number of fused-ring (bicyclic) bond motifs is 1. The Hall–Kier alpha value is -2.57. The van der Waals surface area contributed by atoms with Crippen LogP contribution >= 0.6 is 0 Å². The Morgan fingerprint density at radius 2 is 1.79 bits per heavy atom. The van der Waals surface area contributed by atoms with Gasteiger partial charge in [0.2, 0.25) is 5.91 Å². The number of carbonyl (C=O) groups is 1. The predicted octanol–water partition coefficient (Wildman–Crippen LogP) is 2.99. The van der Waals surface area contributed by atoms with E-state index < -0.39 is 6.10 Å². The molecule has 0 aliphatic carbocycles. The van der Waals surface area contributed by atoms with Crippen molar-refractivity contribution in [2.24, 2.45) is 0 Å². The number of carbonyl (C=O) groups excluding carboxylic acids is 1. The molecular weight excluding hydrogens is 368 g/mol. The normalized spacial score (nSPS) is 16.4. The summed E-state index contributed by atoms with van der Waals surface area (Å²) in [7, 11) is 3.20. The summed E-state index contributed by atoms with van der Waals surface area (Å²) in [6.07, 6.45) is -0.738. The molecule has 1 amide bonds. The van der Waals surface area contributed by atoms with Gasteiger partial charge in [-0.05, 0) is 31.5 Å². The molecule has 6 nitrogen and oxygen atoms in total. The monoisotopic (exact) mass is 398 g/mol. The van der Waals surface area contributed by atoms with Crippen molar-refractivity contribution >= 4 is 5.91 Å². The molecule has 0 saturated heterocycles. The highest BCUT2D eigenvalue weighted by atomic mass is 16.5. The van der Waals surface area contributed by atoms with E-state index in [4.69, 9.17) is 9.47 Å². The van der Waals surface area contributed by atoms with Crippen LogP contribution in [-0.2, 0) is 17.9 Å². The van der Waals surface area contributed by atoms with Crippen molar-refractivity contribution in [3.63, 3.8) is 0 Å². The van der Waals surface area contributed by atoms with Gasteiger partial charge < -0.3 is 19.5 Å². The molecule has 1 aliphatic rings. The zero-order valence-corrected chi connectivity index (χ0v) is 17.6. The highest BCUT2D eigenvalue weighted by Gasteiger charge is 2.31. The summed E-state index contributed by atoms with van der Waals surface area (Å²) in [5, 5.41) is 10.8. The molecule has 0 unspecified atom stereocenters. The van der Waals surface area contributed by atoms with Crippen LogP contribution in [0.2, 0.25) is 0 Å². The van der Waals surface area contributed by atoms with Crippen LogP contribution in [0.5, 0.6) is 11.5 Å². The minimum Gasteiger partial charge on any atom is -0.496 e. The average Bonchev–Trinajstić information content (AvgIpc) is 2.71. The van der Waals surface area contributed by atoms with Crippen LogP contribution in [0.25, 0.3) is 0 Å². The Balaban J connectivity index is 1.77. The van der Waals surface area contributed by atoms with E-state index in [9.17, 15) is 9.90 Å². The number of hydrogen-bond acceptors (Lipinski definition) is 5. The smallest absolute Gasteiger partial charge is 0.237 e. The van der Waals surface area contributed by atoms with E-state index in [0.717, 1.165) is 16.7 Å². The van der Waals surface area contributed by atoms with Crippen molar-refractivity contribution in [1.82, 2.24) is 9.80 Å². The minimum absolute atomic E-state index is 0.0429. The molecule has 0 spiro atoms. The molecule has 0 fully saturated rings. The third kappa shape index (κ3) is 4.71. The fraction of sp³-hybridized carbons (Fsp3) is 0.435. The summed E-state index contributed by atoms with van der Waals surface area (Å²) in [6, 6.07) is 13.7. The predicted molar refractivity (Wildman–Crippen MR) is 112 cm³/mol. The van der Waals surface area contributed by atoms with Crippen molar-refractivity contribution < 1.29 is 19.4 Å². The first kappa shape index (κ1) is 21.1. The Morgan fingerprint density at radius 3 is 2.41 bits per heavy atom. The van der Waals surface area contributed by atoms with Gasteiger partial charge in [0.25, 0.3) is 0 Å². The highest BCUT2D eigenvalue weighted by molar-refractivity contribution is 5.78. The van der Waals surface area contributed by atoms with Crippen LogP contribution in [0.1, 0.15) is 36.6 Å². The molecule has 2 aromatic rings. The third-order valence-electron chi connectivity index (χ3n) is 5.36. The van der Waals surface area contributed by atoms with Gasteiger partial charge in [0.05, 0.1) is 26.9 Å².